The summed E-state index contributed by atoms with van der Waals surface area (Å²) in [5.41, 5.74) is 6.10. The molecule has 1 fully saturated rings. The lowest BCUT2D eigenvalue weighted by atomic mass is 9.90. The molecule has 1 aromatic rings. The molecule has 134 valence electrons. The van der Waals surface area contributed by atoms with Crippen molar-refractivity contribution in [2.45, 2.75) is 58.4 Å². The van der Waals surface area contributed by atoms with Gasteiger partial charge in [-0.3, -0.25) is 4.79 Å². The van der Waals surface area contributed by atoms with Gasteiger partial charge in [0.1, 0.15) is 5.82 Å². The van der Waals surface area contributed by atoms with Gasteiger partial charge >= 0.3 is 0 Å². The number of carbonyl (C=O) groups is 1. The fraction of sp³-hybridized carbons (Fsp3) is 0.684. The van der Waals surface area contributed by atoms with E-state index in [9.17, 15) is 4.79 Å². The summed E-state index contributed by atoms with van der Waals surface area (Å²) in [4.78, 5) is 19.4. The Labute approximate surface area is 146 Å². The Morgan fingerprint density at radius 3 is 2.46 bits per heavy atom. The normalized spacial score (nSPS) is 18.1. The lowest BCUT2D eigenvalue weighted by molar-refractivity contribution is 0.0898. The molecule has 0 spiro atoms. The van der Waals surface area contributed by atoms with Crippen LogP contribution in [0.4, 0.5) is 5.82 Å². The van der Waals surface area contributed by atoms with Gasteiger partial charge in [0.15, 0.2) is 0 Å². The summed E-state index contributed by atoms with van der Waals surface area (Å²) in [5, 5.41) is 3.08. The summed E-state index contributed by atoms with van der Waals surface area (Å²) < 4.78 is 0. The van der Waals surface area contributed by atoms with Crippen molar-refractivity contribution >= 4 is 11.7 Å². The van der Waals surface area contributed by atoms with E-state index in [1.165, 1.54) is 25.7 Å². The molecule has 5 heteroatoms. The van der Waals surface area contributed by atoms with Gasteiger partial charge < -0.3 is 16.0 Å². The molecule has 1 amide bonds. The van der Waals surface area contributed by atoms with Crippen LogP contribution in [0.1, 0.15) is 63.2 Å². The van der Waals surface area contributed by atoms with Crippen molar-refractivity contribution < 1.29 is 4.79 Å². The van der Waals surface area contributed by atoms with Gasteiger partial charge in [0.2, 0.25) is 0 Å². The first kappa shape index (κ1) is 18.7. The number of carbonyl (C=O) groups excluding carboxylic acids is 1. The standard InChI is InChI=1S/C19H32N4O/c1-15(2)12-19(3,14-20)22-18(24)16-8-9-17(21-13-16)23-10-6-4-5-7-11-23/h8-9,13,15H,4-7,10-12,14,20H2,1-3H3,(H,22,24). The van der Waals surface area contributed by atoms with E-state index < -0.39 is 0 Å². The molecule has 0 aromatic carbocycles. The van der Waals surface area contributed by atoms with E-state index in [2.05, 4.69) is 29.0 Å². The average molecular weight is 332 g/mol. The smallest absolute Gasteiger partial charge is 0.253 e. The largest absolute Gasteiger partial charge is 0.357 e. The number of amides is 1. The second kappa shape index (κ2) is 8.47. The quantitative estimate of drug-likeness (QED) is 0.840. The Morgan fingerprint density at radius 2 is 1.96 bits per heavy atom. The van der Waals surface area contributed by atoms with Crippen molar-refractivity contribution in [3.8, 4) is 0 Å². The minimum Gasteiger partial charge on any atom is -0.357 e. The van der Waals surface area contributed by atoms with E-state index >= 15 is 0 Å². The van der Waals surface area contributed by atoms with Gasteiger partial charge in [0.25, 0.3) is 5.91 Å². The predicted molar refractivity (Wildman–Crippen MR) is 99.3 cm³/mol. The lowest BCUT2D eigenvalue weighted by Gasteiger charge is -2.31. The van der Waals surface area contributed by atoms with Crippen molar-refractivity contribution in [1.82, 2.24) is 10.3 Å². The topological polar surface area (TPSA) is 71.2 Å². The number of hydrogen-bond acceptors (Lipinski definition) is 4. The third-order valence-corrected chi connectivity index (χ3v) is 4.66. The molecule has 0 aliphatic carbocycles. The summed E-state index contributed by atoms with van der Waals surface area (Å²) >= 11 is 0. The zero-order valence-corrected chi connectivity index (χ0v) is 15.3. The van der Waals surface area contributed by atoms with Crippen molar-refractivity contribution in [3.63, 3.8) is 0 Å². The van der Waals surface area contributed by atoms with Gasteiger partial charge in [0, 0.05) is 31.4 Å². The Bertz CT molecular complexity index is 521. The molecule has 1 aliphatic heterocycles. The van der Waals surface area contributed by atoms with Crippen LogP contribution in [0.15, 0.2) is 18.3 Å². The number of pyridine rings is 1. The first-order valence-corrected chi connectivity index (χ1v) is 9.17. The summed E-state index contributed by atoms with van der Waals surface area (Å²) in [5.74, 6) is 1.35. The summed E-state index contributed by atoms with van der Waals surface area (Å²) in [6, 6.07) is 3.83. The number of aromatic nitrogens is 1. The Balaban J connectivity index is 2.02. The van der Waals surface area contributed by atoms with Crippen LogP contribution in [0, 0.1) is 5.92 Å². The molecular formula is C19H32N4O. The van der Waals surface area contributed by atoms with Gasteiger partial charge in [-0.1, -0.05) is 26.7 Å². The Morgan fingerprint density at radius 1 is 1.29 bits per heavy atom. The van der Waals surface area contributed by atoms with Crippen LogP contribution >= 0.6 is 0 Å². The molecule has 24 heavy (non-hydrogen) atoms. The molecule has 1 unspecified atom stereocenters. The van der Waals surface area contributed by atoms with Gasteiger partial charge in [-0.2, -0.15) is 0 Å². The van der Waals surface area contributed by atoms with E-state index in [0.29, 0.717) is 18.0 Å². The van der Waals surface area contributed by atoms with Gasteiger partial charge in [-0.05, 0) is 44.2 Å². The van der Waals surface area contributed by atoms with Crippen molar-refractivity contribution in [3.05, 3.63) is 23.9 Å². The van der Waals surface area contributed by atoms with E-state index in [0.717, 1.165) is 25.3 Å². The number of anilines is 1. The Kier molecular flexibility index (Phi) is 6.60. The summed E-state index contributed by atoms with van der Waals surface area (Å²) in [7, 11) is 0. The SMILES string of the molecule is CC(C)CC(C)(CN)NC(=O)c1ccc(N2CCCCCC2)nc1. The number of hydrogen-bond donors (Lipinski definition) is 2. The molecule has 2 heterocycles. The third-order valence-electron chi connectivity index (χ3n) is 4.66. The highest BCUT2D eigenvalue weighted by atomic mass is 16.1. The van der Waals surface area contributed by atoms with Crippen LogP contribution in [0.5, 0.6) is 0 Å². The fourth-order valence-electron chi connectivity index (χ4n) is 3.44. The van der Waals surface area contributed by atoms with Crippen LogP contribution in [-0.4, -0.2) is 36.1 Å². The number of rotatable bonds is 6. The molecule has 0 saturated carbocycles. The molecule has 0 bridgehead atoms. The maximum Gasteiger partial charge on any atom is 0.253 e. The minimum atomic E-state index is -0.380. The van der Waals surface area contributed by atoms with Crippen LogP contribution in [0.2, 0.25) is 0 Å². The second-order valence-electron chi connectivity index (χ2n) is 7.62. The van der Waals surface area contributed by atoms with Crippen molar-refractivity contribution in [2.75, 3.05) is 24.5 Å². The van der Waals surface area contributed by atoms with E-state index in [4.69, 9.17) is 5.73 Å². The first-order valence-electron chi connectivity index (χ1n) is 9.17. The highest BCUT2D eigenvalue weighted by molar-refractivity contribution is 5.94. The van der Waals surface area contributed by atoms with Crippen LogP contribution in [0.3, 0.4) is 0 Å². The molecule has 1 aliphatic rings. The molecule has 1 atom stereocenters. The zero-order chi connectivity index (χ0) is 17.6. The molecule has 1 aromatic heterocycles. The second-order valence-corrected chi connectivity index (χ2v) is 7.62. The van der Waals surface area contributed by atoms with Crippen LogP contribution in [-0.2, 0) is 0 Å². The van der Waals surface area contributed by atoms with Gasteiger partial charge in [0.05, 0.1) is 5.56 Å². The molecule has 2 rings (SSSR count). The van der Waals surface area contributed by atoms with Crippen molar-refractivity contribution in [2.24, 2.45) is 11.7 Å². The van der Waals surface area contributed by atoms with Crippen LogP contribution < -0.4 is 16.0 Å². The zero-order valence-electron chi connectivity index (χ0n) is 15.3. The maximum absolute atomic E-state index is 12.5. The number of nitrogens with zero attached hydrogens (tertiary/aromatic N) is 2. The third kappa shape index (κ3) is 5.20. The van der Waals surface area contributed by atoms with E-state index in [-0.39, 0.29) is 11.4 Å². The number of nitrogens with two attached hydrogens (primary N) is 1. The minimum absolute atomic E-state index is 0.0986. The number of nitrogens with one attached hydrogen (secondary N) is 1. The highest BCUT2D eigenvalue weighted by Gasteiger charge is 2.26. The Hall–Kier alpha value is -1.62. The predicted octanol–water partition coefficient (Wildman–Crippen LogP) is 2.96. The first-order chi connectivity index (χ1) is 11.4. The lowest BCUT2D eigenvalue weighted by Crippen LogP contribution is -2.52. The van der Waals surface area contributed by atoms with Crippen LogP contribution in [0.25, 0.3) is 0 Å². The molecule has 3 N–H and O–H groups in total. The average Bonchev–Trinajstić information content (AvgIpc) is 2.83. The summed E-state index contributed by atoms with van der Waals surface area (Å²) in [6.07, 6.45) is 7.56. The molecule has 0 radical (unpaired) electrons. The molecule has 1 saturated heterocycles. The highest BCUT2D eigenvalue weighted by Crippen LogP contribution is 2.19. The molecular weight excluding hydrogens is 300 g/mol. The van der Waals surface area contributed by atoms with Gasteiger partial charge in [-0.25, -0.2) is 4.98 Å². The van der Waals surface area contributed by atoms with Gasteiger partial charge in [-0.15, -0.1) is 0 Å². The van der Waals surface area contributed by atoms with E-state index in [1.807, 2.05) is 19.1 Å². The van der Waals surface area contributed by atoms with Crippen molar-refractivity contribution in [1.29, 1.82) is 0 Å². The van der Waals surface area contributed by atoms with E-state index in [1.54, 1.807) is 6.20 Å². The molecule has 5 nitrogen and oxygen atoms in total. The maximum atomic E-state index is 12.5. The fourth-order valence-corrected chi connectivity index (χ4v) is 3.44. The monoisotopic (exact) mass is 332 g/mol. The summed E-state index contributed by atoms with van der Waals surface area (Å²) in [6.45, 7) is 8.81.